The minimum atomic E-state index is 0.629. The lowest BCUT2D eigenvalue weighted by Crippen LogP contribution is -2.41. The van der Waals surface area contributed by atoms with Crippen molar-refractivity contribution in [1.82, 2.24) is 15.2 Å². The smallest absolute Gasteiger partial charge is 0.193 e. The van der Waals surface area contributed by atoms with Crippen molar-refractivity contribution in [2.75, 3.05) is 39.9 Å². The molecule has 124 valence electrons. The Balaban J connectivity index is 1.73. The lowest BCUT2D eigenvalue weighted by Gasteiger charge is -2.21. The van der Waals surface area contributed by atoms with Gasteiger partial charge < -0.3 is 15.0 Å². The van der Waals surface area contributed by atoms with Crippen LogP contribution in [0.3, 0.4) is 0 Å². The van der Waals surface area contributed by atoms with Crippen LogP contribution >= 0.6 is 11.3 Å². The lowest BCUT2D eigenvalue weighted by atomic mass is 10.1. The van der Waals surface area contributed by atoms with Gasteiger partial charge in [-0.1, -0.05) is 6.92 Å². The molecule has 1 aromatic rings. The van der Waals surface area contributed by atoms with Crippen LogP contribution in [-0.2, 0) is 17.6 Å². The van der Waals surface area contributed by atoms with E-state index in [9.17, 15) is 0 Å². The van der Waals surface area contributed by atoms with Gasteiger partial charge in [0.2, 0.25) is 0 Å². The number of ether oxygens (including phenoxy) is 1. The number of hydrogen-bond acceptors (Lipinski definition) is 4. The van der Waals surface area contributed by atoms with E-state index in [1.807, 2.05) is 24.6 Å². The van der Waals surface area contributed by atoms with E-state index in [2.05, 4.69) is 34.0 Å². The fraction of sp³-hybridized carbons (Fsp3) is 0.750. The molecule has 1 aliphatic heterocycles. The molecule has 0 aromatic carbocycles. The first-order valence-corrected chi connectivity index (χ1v) is 9.05. The zero-order valence-corrected chi connectivity index (χ0v) is 14.8. The fourth-order valence-electron chi connectivity index (χ4n) is 2.69. The highest BCUT2D eigenvalue weighted by molar-refractivity contribution is 7.11. The van der Waals surface area contributed by atoms with E-state index >= 15 is 0 Å². The van der Waals surface area contributed by atoms with Gasteiger partial charge in [-0.05, 0) is 19.8 Å². The predicted octanol–water partition coefficient (Wildman–Crippen LogP) is 2.18. The molecule has 1 N–H and O–H groups in total. The molecule has 22 heavy (non-hydrogen) atoms. The summed E-state index contributed by atoms with van der Waals surface area (Å²) in [5.41, 5.74) is 0. The molecule has 5 nitrogen and oxygen atoms in total. The number of aliphatic imine (C=N–C) groups is 1. The summed E-state index contributed by atoms with van der Waals surface area (Å²) in [5, 5.41) is 4.67. The number of aromatic nitrogens is 1. The van der Waals surface area contributed by atoms with E-state index in [1.54, 1.807) is 0 Å². The Bertz CT molecular complexity index is 474. The van der Waals surface area contributed by atoms with Crippen LogP contribution < -0.4 is 5.32 Å². The van der Waals surface area contributed by atoms with Crippen molar-refractivity contribution >= 4 is 17.3 Å². The van der Waals surface area contributed by atoms with E-state index < -0.39 is 0 Å². The minimum Gasteiger partial charge on any atom is -0.381 e. The van der Waals surface area contributed by atoms with Gasteiger partial charge in [0.1, 0.15) is 0 Å². The van der Waals surface area contributed by atoms with Crippen LogP contribution in [0.25, 0.3) is 0 Å². The van der Waals surface area contributed by atoms with Crippen molar-refractivity contribution in [2.24, 2.45) is 10.9 Å². The Hall–Kier alpha value is -1.14. The van der Waals surface area contributed by atoms with Crippen LogP contribution in [0, 0.1) is 5.92 Å². The Morgan fingerprint density at radius 1 is 1.55 bits per heavy atom. The molecule has 0 aliphatic carbocycles. The zero-order chi connectivity index (χ0) is 15.8. The summed E-state index contributed by atoms with van der Waals surface area (Å²) in [6.45, 7) is 8.88. The first kappa shape index (κ1) is 17.2. The third-order valence-corrected chi connectivity index (χ3v) is 5.13. The molecule has 0 amide bonds. The van der Waals surface area contributed by atoms with Gasteiger partial charge in [-0.15, -0.1) is 11.3 Å². The van der Waals surface area contributed by atoms with Gasteiger partial charge in [0, 0.05) is 56.7 Å². The number of thiazole rings is 1. The maximum atomic E-state index is 5.54. The molecule has 0 bridgehead atoms. The number of nitrogens with one attached hydrogen (secondary N) is 1. The third kappa shape index (κ3) is 4.95. The van der Waals surface area contributed by atoms with E-state index in [0.29, 0.717) is 5.92 Å². The summed E-state index contributed by atoms with van der Waals surface area (Å²) >= 11 is 1.81. The molecule has 2 heterocycles. The first-order valence-electron chi connectivity index (χ1n) is 8.23. The highest BCUT2D eigenvalue weighted by Crippen LogP contribution is 2.17. The molecule has 1 atom stereocenters. The Labute approximate surface area is 137 Å². The van der Waals surface area contributed by atoms with Gasteiger partial charge in [0.25, 0.3) is 0 Å². The van der Waals surface area contributed by atoms with Gasteiger partial charge in [0.05, 0.1) is 11.6 Å². The number of likely N-dealkylation sites (tertiary alicyclic amines) is 1. The van der Waals surface area contributed by atoms with Crippen LogP contribution in [0.5, 0.6) is 0 Å². The van der Waals surface area contributed by atoms with E-state index in [1.165, 1.54) is 16.3 Å². The Morgan fingerprint density at radius 3 is 3.09 bits per heavy atom. The summed E-state index contributed by atoms with van der Waals surface area (Å²) in [6.07, 6.45) is 5.21. The molecule has 0 radical (unpaired) electrons. The standard InChI is InChI=1S/C16H28N4OS/c1-4-14-10-19-15(22-14)6-8-18-16(17-3)20-9-7-13(11-20)12-21-5-2/h10,13H,4-9,11-12H2,1-3H3,(H,17,18). The molecule has 1 saturated heterocycles. The average Bonchev–Trinajstić information content (AvgIpc) is 3.18. The van der Waals surface area contributed by atoms with Crippen molar-refractivity contribution in [1.29, 1.82) is 0 Å². The maximum Gasteiger partial charge on any atom is 0.193 e. The van der Waals surface area contributed by atoms with E-state index in [4.69, 9.17) is 4.74 Å². The van der Waals surface area contributed by atoms with Crippen molar-refractivity contribution in [2.45, 2.75) is 33.1 Å². The molecular weight excluding hydrogens is 296 g/mol. The quantitative estimate of drug-likeness (QED) is 0.617. The van der Waals surface area contributed by atoms with Crippen molar-refractivity contribution in [3.05, 3.63) is 16.1 Å². The number of hydrogen-bond donors (Lipinski definition) is 1. The van der Waals surface area contributed by atoms with Crippen molar-refractivity contribution in [3.8, 4) is 0 Å². The van der Waals surface area contributed by atoms with Crippen LogP contribution in [-0.4, -0.2) is 55.7 Å². The molecule has 6 heteroatoms. The number of rotatable bonds is 7. The second-order valence-corrected chi connectivity index (χ2v) is 6.76. The zero-order valence-electron chi connectivity index (χ0n) is 14.0. The highest BCUT2D eigenvalue weighted by atomic mass is 32.1. The number of nitrogens with zero attached hydrogens (tertiary/aromatic N) is 3. The number of guanidine groups is 1. The van der Waals surface area contributed by atoms with Crippen LogP contribution in [0.1, 0.15) is 30.2 Å². The van der Waals surface area contributed by atoms with E-state index in [-0.39, 0.29) is 0 Å². The fourth-order valence-corrected chi connectivity index (χ4v) is 3.55. The topological polar surface area (TPSA) is 49.8 Å². The minimum absolute atomic E-state index is 0.629. The van der Waals surface area contributed by atoms with Gasteiger partial charge in [0.15, 0.2) is 5.96 Å². The molecule has 2 rings (SSSR count). The van der Waals surface area contributed by atoms with Crippen LogP contribution in [0.15, 0.2) is 11.2 Å². The molecule has 0 spiro atoms. The third-order valence-electron chi connectivity index (χ3n) is 3.93. The number of aryl methyl sites for hydroxylation is 1. The second kappa shape index (κ2) is 9.10. The summed E-state index contributed by atoms with van der Waals surface area (Å²) < 4.78 is 5.54. The van der Waals surface area contributed by atoms with Gasteiger partial charge in [-0.25, -0.2) is 4.98 Å². The predicted molar refractivity (Wildman–Crippen MR) is 92.7 cm³/mol. The Kier molecular flexibility index (Phi) is 7.12. The normalized spacial score (nSPS) is 19.0. The molecule has 1 aromatic heterocycles. The van der Waals surface area contributed by atoms with Gasteiger partial charge in [-0.2, -0.15) is 0 Å². The van der Waals surface area contributed by atoms with Crippen LogP contribution in [0.2, 0.25) is 0 Å². The summed E-state index contributed by atoms with van der Waals surface area (Å²) in [6, 6.07) is 0. The Morgan fingerprint density at radius 2 is 2.41 bits per heavy atom. The molecule has 0 saturated carbocycles. The van der Waals surface area contributed by atoms with Gasteiger partial charge in [-0.3, -0.25) is 4.99 Å². The molecule has 1 fully saturated rings. The lowest BCUT2D eigenvalue weighted by molar-refractivity contribution is 0.114. The summed E-state index contributed by atoms with van der Waals surface area (Å²) in [5.74, 6) is 1.64. The van der Waals surface area contributed by atoms with Crippen LogP contribution in [0.4, 0.5) is 0 Å². The second-order valence-electron chi connectivity index (χ2n) is 5.56. The molecular formula is C16H28N4OS. The monoisotopic (exact) mass is 324 g/mol. The average molecular weight is 324 g/mol. The van der Waals surface area contributed by atoms with E-state index in [0.717, 1.165) is 51.6 Å². The largest absolute Gasteiger partial charge is 0.381 e. The summed E-state index contributed by atoms with van der Waals surface area (Å²) in [7, 11) is 1.86. The SMILES string of the molecule is CCOCC1CCN(C(=NC)NCCc2ncc(CC)s2)C1. The molecule has 1 aliphatic rings. The maximum absolute atomic E-state index is 5.54. The highest BCUT2D eigenvalue weighted by Gasteiger charge is 2.24. The molecule has 1 unspecified atom stereocenters. The first-order chi connectivity index (χ1) is 10.8. The summed E-state index contributed by atoms with van der Waals surface area (Å²) in [4.78, 5) is 12.6. The van der Waals surface area contributed by atoms with Crippen molar-refractivity contribution in [3.63, 3.8) is 0 Å². The van der Waals surface area contributed by atoms with Gasteiger partial charge >= 0.3 is 0 Å². The van der Waals surface area contributed by atoms with Crippen molar-refractivity contribution < 1.29 is 4.74 Å².